The topological polar surface area (TPSA) is 81.0 Å². The summed E-state index contributed by atoms with van der Waals surface area (Å²) < 4.78 is 49.3. The van der Waals surface area contributed by atoms with Gasteiger partial charge in [-0.1, -0.05) is 12.5 Å². The first-order chi connectivity index (χ1) is 17.5. The largest absolute Gasteiger partial charge is 0.480 e. The number of anilines is 2. The number of aryl methyl sites for hydroxylation is 1. The fraction of sp³-hybridized carbons (Fsp3) is 0.520. The molecular weight excluding hydrogens is 471 g/mol. The third kappa shape index (κ3) is 4.04. The fourth-order valence-corrected chi connectivity index (χ4v) is 6.11. The van der Waals surface area contributed by atoms with Gasteiger partial charge in [-0.25, -0.2) is 17.9 Å². The zero-order chi connectivity index (χ0) is 24.8. The maximum absolute atomic E-state index is 14.7. The molecule has 2 aromatic heterocycles. The molecule has 11 heteroatoms. The van der Waals surface area contributed by atoms with Gasteiger partial charge in [-0.3, -0.25) is 0 Å². The molecule has 2 bridgehead atoms. The van der Waals surface area contributed by atoms with Gasteiger partial charge in [-0.15, -0.1) is 10.2 Å². The van der Waals surface area contributed by atoms with Crippen LogP contribution >= 0.6 is 0 Å². The number of benzene rings is 1. The molecule has 2 fully saturated rings. The number of nitrogens with zero attached hydrogens (tertiary/aromatic N) is 6. The van der Waals surface area contributed by atoms with E-state index in [-0.39, 0.29) is 11.6 Å². The smallest absolute Gasteiger partial charge is 0.242 e. The van der Waals surface area contributed by atoms with Crippen LogP contribution in [0.3, 0.4) is 0 Å². The monoisotopic (exact) mass is 499 g/mol. The third-order valence-electron chi connectivity index (χ3n) is 7.89. The van der Waals surface area contributed by atoms with E-state index in [1.807, 2.05) is 6.07 Å². The Bertz CT molecular complexity index is 1250. The number of piperidine rings is 1. The molecule has 4 atom stereocenters. The van der Waals surface area contributed by atoms with Crippen molar-refractivity contribution in [1.82, 2.24) is 25.0 Å². The average Bonchev–Trinajstić information content (AvgIpc) is 3.30. The van der Waals surface area contributed by atoms with Gasteiger partial charge in [0.1, 0.15) is 5.82 Å². The van der Waals surface area contributed by atoms with Gasteiger partial charge >= 0.3 is 0 Å². The zero-order valence-corrected chi connectivity index (χ0v) is 20.0. The van der Waals surface area contributed by atoms with Gasteiger partial charge in [0, 0.05) is 43.2 Å². The van der Waals surface area contributed by atoms with Crippen molar-refractivity contribution < 1.29 is 17.9 Å². The molecule has 3 aromatic rings. The maximum Gasteiger partial charge on any atom is 0.242 e. The van der Waals surface area contributed by atoms with Crippen molar-refractivity contribution in [1.29, 1.82) is 0 Å². The first-order valence-corrected chi connectivity index (χ1v) is 12.5. The lowest BCUT2D eigenvalue weighted by Gasteiger charge is -2.39. The second kappa shape index (κ2) is 9.25. The first-order valence-electron chi connectivity index (χ1n) is 12.5. The minimum atomic E-state index is -1.44. The predicted octanol–water partition coefficient (Wildman–Crippen LogP) is 4.14. The van der Waals surface area contributed by atoms with Crippen molar-refractivity contribution in [2.75, 3.05) is 30.4 Å². The highest BCUT2D eigenvalue weighted by molar-refractivity contribution is 5.48. The van der Waals surface area contributed by atoms with Gasteiger partial charge in [0.05, 0.1) is 19.0 Å². The van der Waals surface area contributed by atoms with Crippen LogP contribution in [0.15, 0.2) is 24.4 Å². The summed E-state index contributed by atoms with van der Waals surface area (Å²) in [5.74, 6) is -1.81. The summed E-state index contributed by atoms with van der Waals surface area (Å²) in [6, 6.07) is 4.45. The number of halogens is 3. The van der Waals surface area contributed by atoms with Crippen LogP contribution in [0.1, 0.15) is 49.4 Å². The van der Waals surface area contributed by atoms with Gasteiger partial charge in [-0.2, -0.15) is 10.1 Å². The van der Waals surface area contributed by atoms with Crippen LogP contribution in [0.25, 0.3) is 0 Å². The van der Waals surface area contributed by atoms with E-state index >= 15 is 0 Å². The minimum Gasteiger partial charge on any atom is -0.480 e. The molecule has 0 amide bonds. The van der Waals surface area contributed by atoms with Crippen molar-refractivity contribution in [2.24, 2.45) is 11.8 Å². The van der Waals surface area contributed by atoms with Crippen LogP contribution < -0.4 is 15.0 Å². The Hall–Kier alpha value is -3.37. The summed E-state index contributed by atoms with van der Waals surface area (Å²) in [6.45, 7) is 2.41. The Morgan fingerprint density at radius 1 is 1.03 bits per heavy atom. The Labute approximate surface area is 206 Å². The standard InChI is InChI=1S/C25H28F3N7O/c1-36-20-10-16(11-29-32-20)34-12-14-5-6-15(13-34)23(14)30-25-31-24-18(4-2-3-9-35(24)33-25)17-7-8-19(26)22(28)21(17)27/h7-8,10-11,14-15,18,23H,2-6,9,12-13H2,1H3,(H,30,33)/t14-,15+,18-,23+/m0/s1. The molecule has 1 aliphatic carbocycles. The van der Waals surface area contributed by atoms with Crippen LogP contribution in [0, 0.1) is 29.3 Å². The molecule has 1 aromatic carbocycles. The van der Waals surface area contributed by atoms with Crippen molar-refractivity contribution in [3.63, 3.8) is 0 Å². The summed E-state index contributed by atoms with van der Waals surface area (Å²) in [4.78, 5) is 7.09. The van der Waals surface area contributed by atoms with Gasteiger partial charge in [0.2, 0.25) is 11.8 Å². The molecule has 0 unspecified atom stereocenters. The number of fused-ring (bicyclic) bond motifs is 3. The molecule has 190 valence electrons. The highest BCUT2D eigenvalue weighted by Crippen LogP contribution is 2.41. The number of rotatable bonds is 5. The number of hydrogen-bond acceptors (Lipinski definition) is 7. The minimum absolute atomic E-state index is 0.130. The molecule has 3 aliphatic rings. The van der Waals surface area contributed by atoms with E-state index in [1.165, 1.54) is 6.07 Å². The summed E-state index contributed by atoms with van der Waals surface area (Å²) in [5.41, 5.74) is 1.13. The summed E-state index contributed by atoms with van der Waals surface area (Å²) in [5, 5.41) is 16.3. The molecule has 1 N–H and O–H groups in total. The number of hydrogen-bond donors (Lipinski definition) is 1. The number of methoxy groups -OCH3 is 1. The molecular formula is C25H28F3N7O. The quantitative estimate of drug-likeness (QED) is 0.529. The van der Waals surface area contributed by atoms with Gasteiger partial charge in [-0.05, 0) is 43.6 Å². The summed E-state index contributed by atoms with van der Waals surface area (Å²) >= 11 is 0. The van der Waals surface area contributed by atoms with E-state index in [0.29, 0.717) is 42.5 Å². The summed E-state index contributed by atoms with van der Waals surface area (Å²) in [7, 11) is 1.58. The number of aromatic nitrogens is 5. The molecule has 8 nitrogen and oxygen atoms in total. The van der Waals surface area contributed by atoms with Crippen molar-refractivity contribution >= 4 is 11.6 Å². The second-order valence-corrected chi connectivity index (χ2v) is 9.96. The zero-order valence-electron chi connectivity index (χ0n) is 20.0. The Morgan fingerprint density at radius 3 is 2.61 bits per heavy atom. The Morgan fingerprint density at radius 2 is 1.83 bits per heavy atom. The average molecular weight is 500 g/mol. The lowest BCUT2D eigenvalue weighted by molar-refractivity contribution is 0.372. The van der Waals surface area contributed by atoms with E-state index in [0.717, 1.165) is 50.5 Å². The predicted molar refractivity (Wildman–Crippen MR) is 126 cm³/mol. The molecule has 36 heavy (non-hydrogen) atoms. The second-order valence-electron chi connectivity index (χ2n) is 9.96. The SMILES string of the molecule is COc1cc(N2C[C@H]3CC[C@@H](C2)[C@H]3Nc2nc3n(n2)CCCC[C@H]3c2ccc(F)c(F)c2F)cnn1. The Balaban J connectivity index is 1.23. The van der Waals surface area contributed by atoms with E-state index in [1.54, 1.807) is 18.0 Å². The molecule has 0 spiro atoms. The van der Waals surface area contributed by atoms with Crippen molar-refractivity contribution in [3.05, 3.63) is 53.2 Å². The Kier molecular flexibility index (Phi) is 5.93. The lowest BCUT2D eigenvalue weighted by atomic mass is 9.92. The van der Waals surface area contributed by atoms with E-state index < -0.39 is 23.4 Å². The number of ether oxygens (including phenoxy) is 1. The maximum atomic E-state index is 14.7. The third-order valence-corrected chi connectivity index (χ3v) is 7.89. The normalized spacial score (nSPS) is 25.4. The van der Waals surface area contributed by atoms with E-state index in [2.05, 4.69) is 20.4 Å². The van der Waals surface area contributed by atoms with Crippen molar-refractivity contribution in [3.8, 4) is 5.88 Å². The van der Waals surface area contributed by atoms with Gasteiger partial charge in [0.15, 0.2) is 17.5 Å². The molecule has 0 radical (unpaired) electrons. The van der Waals surface area contributed by atoms with E-state index in [4.69, 9.17) is 14.8 Å². The van der Waals surface area contributed by atoms with Gasteiger partial charge in [0.25, 0.3) is 0 Å². The highest BCUT2D eigenvalue weighted by atomic mass is 19.2. The van der Waals surface area contributed by atoms with Crippen molar-refractivity contribution in [2.45, 2.75) is 50.6 Å². The van der Waals surface area contributed by atoms with Crippen LogP contribution in [0.4, 0.5) is 24.8 Å². The van der Waals surface area contributed by atoms with Gasteiger partial charge < -0.3 is 15.0 Å². The fourth-order valence-electron chi connectivity index (χ4n) is 6.11. The van der Waals surface area contributed by atoms with Crippen LogP contribution in [0.5, 0.6) is 5.88 Å². The van der Waals surface area contributed by atoms with Crippen LogP contribution in [0.2, 0.25) is 0 Å². The number of nitrogens with one attached hydrogen (secondary N) is 1. The highest BCUT2D eigenvalue weighted by Gasteiger charge is 2.43. The molecule has 6 rings (SSSR count). The van der Waals surface area contributed by atoms with Crippen LogP contribution in [-0.2, 0) is 6.54 Å². The lowest BCUT2D eigenvalue weighted by Crippen LogP contribution is -2.48. The van der Waals surface area contributed by atoms with Crippen LogP contribution in [-0.4, -0.2) is 51.2 Å². The molecule has 1 saturated carbocycles. The molecule has 2 aliphatic heterocycles. The summed E-state index contributed by atoms with van der Waals surface area (Å²) in [6.07, 6.45) is 6.27. The molecule has 1 saturated heterocycles. The molecule has 4 heterocycles. The first kappa shape index (κ1) is 23.1. The van der Waals surface area contributed by atoms with E-state index in [9.17, 15) is 13.2 Å².